The monoisotopic (exact) mass is 449 g/mol. The van der Waals surface area contributed by atoms with Crippen LogP contribution in [0.25, 0.3) is 0 Å². The highest BCUT2D eigenvalue weighted by Crippen LogP contribution is 2.21. The lowest BCUT2D eigenvalue weighted by Crippen LogP contribution is -2.40. The van der Waals surface area contributed by atoms with Crippen molar-refractivity contribution < 1.29 is 9.53 Å². The molecule has 178 valence electrons. The van der Waals surface area contributed by atoms with Crippen molar-refractivity contribution in [2.45, 2.75) is 38.2 Å². The lowest BCUT2D eigenvalue weighted by Gasteiger charge is -2.32. The number of hydrogen-bond donors (Lipinski definition) is 0. The zero-order valence-electron chi connectivity index (χ0n) is 20.3. The molecule has 0 aliphatic carbocycles. The van der Waals surface area contributed by atoms with E-state index in [1.807, 2.05) is 36.2 Å². The third-order valence-electron chi connectivity index (χ3n) is 7.10. The standard InChI is InChI=1S/C28H39N3O2/c1-29-17-6-9-24(21-29)22-30(2)28(32)25-10-12-26(13-11-25)33-27-15-19-31(20-16-27)18-14-23-7-4-3-5-8-23/h3-5,7-8,10-13,24,27H,6,9,14-22H2,1-2H3. The molecule has 2 aliphatic heterocycles. The number of rotatable bonds is 8. The van der Waals surface area contributed by atoms with Crippen LogP contribution in [0.4, 0.5) is 0 Å². The molecule has 2 aromatic rings. The molecule has 0 radical (unpaired) electrons. The molecule has 2 heterocycles. The van der Waals surface area contributed by atoms with E-state index in [-0.39, 0.29) is 12.0 Å². The number of carbonyl (C=O) groups is 1. The van der Waals surface area contributed by atoms with E-state index >= 15 is 0 Å². The Labute approximate surface area is 199 Å². The van der Waals surface area contributed by atoms with Gasteiger partial charge in [0.15, 0.2) is 0 Å². The summed E-state index contributed by atoms with van der Waals surface area (Å²) in [4.78, 5) is 19.7. The molecule has 0 saturated carbocycles. The summed E-state index contributed by atoms with van der Waals surface area (Å²) in [5, 5.41) is 0. The fraction of sp³-hybridized carbons (Fsp3) is 0.536. The van der Waals surface area contributed by atoms with Gasteiger partial charge in [0.25, 0.3) is 5.91 Å². The van der Waals surface area contributed by atoms with Crippen LogP contribution in [0.5, 0.6) is 5.75 Å². The Hall–Kier alpha value is -2.37. The molecule has 2 aliphatic rings. The average Bonchev–Trinajstić information content (AvgIpc) is 2.84. The fourth-order valence-corrected chi connectivity index (χ4v) is 5.16. The second-order valence-electron chi connectivity index (χ2n) is 9.87. The SMILES string of the molecule is CN1CCCC(CN(C)C(=O)c2ccc(OC3CCN(CCc4ccccc4)CC3)cc2)C1. The molecule has 0 N–H and O–H groups in total. The Morgan fingerprint density at radius 1 is 1.00 bits per heavy atom. The van der Waals surface area contributed by atoms with Gasteiger partial charge in [-0.25, -0.2) is 0 Å². The van der Waals surface area contributed by atoms with Gasteiger partial charge in [-0.15, -0.1) is 0 Å². The van der Waals surface area contributed by atoms with Crippen LogP contribution in [-0.2, 0) is 6.42 Å². The minimum atomic E-state index is 0.0986. The predicted octanol–water partition coefficient (Wildman–Crippen LogP) is 4.19. The van der Waals surface area contributed by atoms with Crippen molar-refractivity contribution in [3.63, 3.8) is 0 Å². The van der Waals surface area contributed by atoms with Crippen molar-refractivity contribution in [1.29, 1.82) is 0 Å². The molecule has 2 fully saturated rings. The normalized spacial score (nSPS) is 20.5. The summed E-state index contributed by atoms with van der Waals surface area (Å²) in [6.07, 6.45) is 5.89. The Morgan fingerprint density at radius 2 is 1.73 bits per heavy atom. The van der Waals surface area contributed by atoms with E-state index in [1.165, 1.54) is 24.9 Å². The number of piperidine rings is 2. The zero-order valence-corrected chi connectivity index (χ0v) is 20.3. The molecule has 0 spiro atoms. The van der Waals surface area contributed by atoms with Crippen LogP contribution in [0.15, 0.2) is 54.6 Å². The van der Waals surface area contributed by atoms with E-state index < -0.39 is 0 Å². The second-order valence-corrected chi connectivity index (χ2v) is 9.87. The topological polar surface area (TPSA) is 36.0 Å². The number of likely N-dealkylation sites (tertiary alicyclic amines) is 2. The molecule has 2 saturated heterocycles. The maximum Gasteiger partial charge on any atom is 0.253 e. The van der Waals surface area contributed by atoms with Crippen LogP contribution in [-0.4, -0.2) is 80.1 Å². The highest BCUT2D eigenvalue weighted by molar-refractivity contribution is 5.94. The van der Waals surface area contributed by atoms with Gasteiger partial charge < -0.3 is 19.4 Å². The van der Waals surface area contributed by atoms with E-state index in [0.717, 1.165) is 63.3 Å². The molecule has 1 amide bonds. The van der Waals surface area contributed by atoms with Gasteiger partial charge in [0.05, 0.1) is 0 Å². The summed E-state index contributed by atoms with van der Waals surface area (Å²) in [6, 6.07) is 18.4. The smallest absolute Gasteiger partial charge is 0.253 e. The lowest BCUT2D eigenvalue weighted by molar-refractivity contribution is 0.0740. The summed E-state index contributed by atoms with van der Waals surface area (Å²) < 4.78 is 6.24. The first-order chi connectivity index (χ1) is 16.1. The Balaban J connectivity index is 1.20. The fourth-order valence-electron chi connectivity index (χ4n) is 5.16. The number of carbonyl (C=O) groups excluding carboxylic acids is 1. The van der Waals surface area contributed by atoms with Gasteiger partial charge >= 0.3 is 0 Å². The molecule has 33 heavy (non-hydrogen) atoms. The highest BCUT2D eigenvalue weighted by Gasteiger charge is 2.22. The molecule has 1 unspecified atom stereocenters. The molecule has 5 nitrogen and oxygen atoms in total. The Kier molecular flexibility index (Phi) is 8.40. The summed E-state index contributed by atoms with van der Waals surface area (Å²) in [5.74, 6) is 1.53. The van der Waals surface area contributed by atoms with Crippen molar-refractivity contribution in [2.24, 2.45) is 5.92 Å². The van der Waals surface area contributed by atoms with Gasteiger partial charge in [0.1, 0.15) is 11.9 Å². The van der Waals surface area contributed by atoms with E-state index in [0.29, 0.717) is 5.92 Å². The summed E-state index contributed by atoms with van der Waals surface area (Å²) >= 11 is 0. The van der Waals surface area contributed by atoms with Gasteiger partial charge in [-0.3, -0.25) is 4.79 Å². The van der Waals surface area contributed by atoms with E-state index in [4.69, 9.17) is 4.74 Å². The summed E-state index contributed by atoms with van der Waals surface area (Å²) in [6.45, 7) is 6.34. The van der Waals surface area contributed by atoms with Crippen molar-refractivity contribution in [2.75, 3.05) is 53.4 Å². The average molecular weight is 450 g/mol. The van der Waals surface area contributed by atoms with E-state index in [9.17, 15) is 4.79 Å². The van der Waals surface area contributed by atoms with Crippen LogP contribution in [0.2, 0.25) is 0 Å². The second kappa shape index (κ2) is 11.7. The largest absolute Gasteiger partial charge is 0.490 e. The van der Waals surface area contributed by atoms with Crippen LogP contribution >= 0.6 is 0 Å². The minimum Gasteiger partial charge on any atom is -0.490 e. The van der Waals surface area contributed by atoms with Gasteiger partial charge in [-0.2, -0.15) is 0 Å². The van der Waals surface area contributed by atoms with Crippen LogP contribution in [0.3, 0.4) is 0 Å². The van der Waals surface area contributed by atoms with E-state index in [2.05, 4.69) is 47.2 Å². The molecule has 0 aromatic heterocycles. The van der Waals surface area contributed by atoms with Crippen LogP contribution < -0.4 is 4.74 Å². The van der Waals surface area contributed by atoms with Crippen molar-refractivity contribution in [3.05, 3.63) is 65.7 Å². The zero-order chi connectivity index (χ0) is 23.0. The van der Waals surface area contributed by atoms with Gasteiger partial charge in [-0.1, -0.05) is 30.3 Å². The molecular weight excluding hydrogens is 410 g/mol. The molecule has 1 atom stereocenters. The Morgan fingerprint density at radius 3 is 2.42 bits per heavy atom. The number of hydrogen-bond acceptors (Lipinski definition) is 4. The first kappa shape index (κ1) is 23.8. The first-order valence-electron chi connectivity index (χ1n) is 12.5. The number of nitrogens with zero attached hydrogens (tertiary/aromatic N) is 3. The van der Waals surface area contributed by atoms with Crippen molar-refractivity contribution in [3.8, 4) is 5.75 Å². The first-order valence-corrected chi connectivity index (χ1v) is 12.5. The predicted molar refractivity (Wildman–Crippen MR) is 134 cm³/mol. The van der Waals surface area contributed by atoms with E-state index in [1.54, 1.807) is 0 Å². The molecule has 0 bridgehead atoms. The summed E-state index contributed by atoms with van der Waals surface area (Å²) in [5.41, 5.74) is 2.15. The van der Waals surface area contributed by atoms with Crippen LogP contribution in [0.1, 0.15) is 41.6 Å². The molecule has 2 aromatic carbocycles. The number of amides is 1. The van der Waals surface area contributed by atoms with Gasteiger partial charge in [0.2, 0.25) is 0 Å². The maximum absolute atomic E-state index is 12.9. The third-order valence-corrected chi connectivity index (χ3v) is 7.10. The number of ether oxygens (including phenoxy) is 1. The number of benzene rings is 2. The third kappa shape index (κ3) is 7.05. The van der Waals surface area contributed by atoms with Gasteiger partial charge in [-0.05, 0) is 81.4 Å². The maximum atomic E-state index is 12.9. The highest BCUT2D eigenvalue weighted by atomic mass is 16.5. The summed E-state index contributed by atoms with van der Waals surface area (Å²) in [7, 11) is 4.09. The van der Waals surface area contributed by atoms with Gasteiger partial charge in [0, 0.05) is 45.3 Å². The van der Waals surface area contributed by atoms with Crippen LogP contribution in [0, 0.1) is 5.92 Å². The van der Waals surface area contributed by atoms with Crippen molar-refractivity contribution in [1.82, 2.24) is 14.7 Å². The molecular formula is C28H39N3O2. The quantitative estimate of drug-likeness (QED) is 0.606. The minimum absolute atomic E-state index is 0.0986. The molecule has 4 rings (SSSR count). The molecule has 5 heteroatoms. The Bertz CT molecular complexity index is 862. The van der Waals surface area contributed by atoms with Crippen molar-refractivity contribution >= 4 is 5.91 Å². The lowest BCUT2D eigenvalue weighted by atomic mass is 9.98.